The summed E-state index contributed by atoms with van der Waals surface area (Å²) in [6.45, 7) is 1.17. The fraction of sp³-hybridized carbons (Fsp3) is 0.364. The third kappa shape index (κ3) is 4.15. The average molecular weight is 263 g/mol. The second kappa shape index (κ2) is 5.61. The summed E-state index contributed by atoms with van der Waals surface area (Å²) in [4.78, 5) is 10.4. The largest absolute Gasteiger partial charge is 0.490 e. The zero-order valence-electron chi connectivity index (χ0n) is 9.58. The van der Waals surface area contributed by atoms with E-state index >= 15 is 0 Å². The first-order valence-corrected chi connectivity index (χ1v) is 5.03. The molecule has 0 unspecified atom stereocenters. The molecule has 0 saturated heterocycles. The molecule has 1 aromatic rings. The minimum absolute atomic E-state index is 0.0173. The van der Waals surface area contributed by atoms with Gasteiger partial charge in [0.1, 0.15) is 19.0 Å². The number of halogens is 3. The standard InChI is InChI=1S/C11H12F3NO3/c1-7(16)17-4-5-18-8-2-3-10(15)9(6-8)11(12,13)14/h2-3,6H,4-5,15H2,1H3. The molecule has 0 amide bonds. The molecule has 18 heavy (non-hydrogen) atoms. The molecule has 0 atom stereocenters. The molecular weight excluding hydrogens is 251 g/mol. The predicted octanol–water partition coefficient (Wildman–Crippen LogP) is 2.23. The number of esters is 1. The summed E-state index contributed by atoms with van der Waals surface area (Å²) in [6.07, 6.45) is -4.53. The Morgan fingerprint density at radius 3 is 2.56 bits per heavy atom. The molecule has 1 rings (SSSR count). The highest BCUT2D eigenvalue weighted by molar-refractivity contribution is 5.65. The molecule has 100 valence electrons. The van der Waals surface area contributed by atoms with Gasteiger partial charge in [0.2, 0.25) is 0 Å². The van der Waals surface area contributed by atoms with E-state index in [1.54, 1.807) is 0 Å². The molecule has 0 saturated carbocycles. The zero-order chi connectivity index (χ0) is 13.8. The molecule has 2 N–H and O–H groups in total. The van der Waals surface area contributed by atoms with Crippen LogP contribution in [0.2, 0.25) is 0 Å². The molecule has 0 aliphatic heterocycles. The van der Waals surface area contributed by atoms with E-state index in [0.29, 0.717) is 0 Å². The minimum Gasteiger partial charge on any atom is -0.490 e. The second-order valence-electron chi connectivity index (χ2n) is 3.44. The van der Waals surface area contributed by atoms with Crippen molar-refractivity contribution in [3.8, 4) is 5.75 Å². The van der Waals surface area contributed by atoms with Crippen LogP contribution < -0.4 is 10.5 Å². The first-order valence-electron chi connectivity index (χ1n) is 5.03. The molecule has 0 bridgehead atoms. The molecule has 0 aliphatic rings. The molecule has 0 spiro atoms. The Kier molecular flexibility index (Phi) is 4.41. The maximum atomic E-state index is 12.5. The van der Waals surface area contributed by atoms with Crippen LogP contribution >= 0.6 is 0 Å². The lowest BCUT2D eigenvalue weighted by molar-refractivity contribution is -0.141. The quantitative estimate of drug-likeness (QED) is 0.514. The van der Waals surface area contributed by atoms with Crippen molar-refractivity contribution >= 4 is 11.7 Å². The Morgan fingerprint density at radius 1 is 1.33 bits per heavy atom. The van der Waals surface area contributed by atoms with Crippen molar-refractivity contribution in [3.63, 3.8) is 0 Å². The van der Waals surface area contributed by atoms with Gasteiger partial charge in [-0.1, -0.05) is 0 Å². The molecule has 1 aromatic carbocycles. The fourth-order valence-corrected chi connectivity index (χ4v) is 1.22. The van der Waals surface area contributed by atoms with Crippen LogP contribution in [0.15, 0.2) is 18.2 Å². The number of hydrogen-bond donors (Lipinski definition) is 1. The van der Waals surface area contributed by atoms with E-state index in [0.717, 1.165) is 12.1 Å². The average Bonchev–Trinajstić information content (AvgIpc) is 2.24. The van der Waals surface area contributed by atoms with E-state index in [2.05, 4.69) is 4.74 Å². The van der Waals surface area contributed by atoms with Crippen molar-refractivity contribution in [2.45, 2.75) is 13.1 Å². The van der Waals surface area contributed by atoms with Crippen LogP contribution in [0, 0.1) is 0 Å². The van der Waals surface area contributed by atoms with Crippen molar-refractivity contribution in [3.05, 3.63) is 23.8 Å². The highest BCUT2D eigenvalue weighted by Gasteiger charge is 2.33. The van der Waals surface area contributed by atoms with Crippen molar-refractivity contribution in [1.29, 1.82) is 0 Å². The van der Waals surface area contributed by atoms with Gasteiger partial charge >= 0.3 is 12.1 Å². The number of hydrogen-bond acceptors (Lipinski definition) is 4. The van der Waals surface area contributed by atoms with Gasteiger partial charge in [-0.3, -0.25) is 4.79 Å². The summed E-state index contributed by atoms with van der Waals surface area (Å²) in [6, 6.07) is 3.24. The lowest BCUT2D eigenvalue weighted by atomic mass is 10.1. The molecule has 0 heterocycles. The first kappa shape index (κ1) is 14.1. The van der Waals surface area contributed by atoms with Crippen LogP contribution in [-0.2, 0) is 15.7 Å². The van der Waals surface area contributed by atoms with Crippen molar-refractivity contribution in [2.75, 3.05) is 18.9 Å². The van der Waals surface area contributed by atoms with E-state index in [4.69, 9.17) is 10.5 Å². The highest BCUT2D eigenvalue weighted by Crippen LogP contribution is 2.35. The van der Waals surface area contributed by atoms with Crippen molar-refractivity contribution < 1.29 is 27.4 Å². The predicted molar refractivity (Wildman–Crippen MR) is 58.0 cm³/mol. The van der Waals surface area contributed by atoms with Gasteiger partial charge in [0.05, 0.1) is 5.56 Å². The Balaban J connectivity index is 2.65. The van der Waals surface area contributed by atoms with Crippen LogP contribution in [0.1, 0.15) is 12.5 Å². The van der Waals surface area contributed by atoms with Crippen LogP contribution in [-0.4, -0.2) is 19.2 Å². The second-order valence-corrected chi connectivity index (χ2v) is 3.44. The molecule has 4 nitrogen and oxygen atoms in total. The topological polar surface area (TPSA) is 61.5 Å². The van der Waals surface area contributed by atoms with Gasteiger partial charge in [-0.05, 0) is 18.2 Å². The van der Waals surface area contributed by atoms with Gasteiger partial charge in [0, 0.05) is 12.6 Å². The van der Waals surface area contributed by atoms with Crippen LogP contribution in [0.25, 0.3) is 0 Å². The summed E-state index contributed by atoms with van der Waals surface area (Å²) >= 11 is 0. The van der Waals surface area contributed by atoms with Crippen molar-refractivity contribution in [2.24, 2.45) is 0 Å². The summed E-state index contributed by atoms with van der Waals surface area (Å²) in [5.41, 5.74) is 3.91. The van der Waals surface area contributed by atoms with Gasteiger partial charge in [0.25, 0.3) is 0 Å². The Bertz CT molecular complexity index is 432. The van der Waals surface area contributed by atoms with Gasteiger partial charge in [-0.25, -0.2) is 0 Å². The minimum atomic E-state index is -4.53. The smallest absolute Gasteiger partial charge is 0.418 e. The third-order valence-electron chi connectivity index (χ3n) is 1.99. The summed E-state index contributed by atoms with van der Waals surface area (Å²) in [5, 5.41) is 0. The van der Waals surface area contributed by atoms with E-state index in [1.807, 2.05) is 0 Å². The zero-order valence-corrected chi connectivity index (χ0v) is 9.58. The Morgan fingerprint density at radius 2 is 2.00 bits per heavy atom. The normalized spacial score (nSPS) is 11.1. The molecule has 0 radical (unpaired) electrons. The lowest BCUT2D eigenvalue weighted by Crippen LogP contribution is -2.12. The Labute approximate surface area is 101 Å². The van der Waals surface area contributed by atoms with E-state index < -0.39 is 17.7 Å². The van der Waals surface area contributed by atoms with Gasteiger partial charge in [0.15, 0.2) is 0 Å². The van der Waals surface area contributed by atoms with Gasteiger partial charge < -0.3 is 15.2 Å². The van der Waals surface area contributed by atoms with Crippen LogP contribution in [0.4, 0.5) is 18.9 Å². The number of ether oxygens (including phenoxy) is 2. The molecule has 7 heteroatoms. The van der Waals surface area contributed by atoms with E-state index in [-0.39, 0.29) is 24.7 Å². The number of anilines is 1. The summed E-state index contributed by atoms with van der Waals surface area (Å²) in [7, 11) is 0. The lowest BCUT2D eigenvalue weighted by Gasteiger charge is -2.12. The number of alkyl halides is 3. The maximum Gasteiger partial charge on any atom is 0.418 e. The number of rotatable bonds is 4. The number of nitrogen functional groups attached to an aromatic ring is 1. The maximum absolute atomic E-state index is 12.5. The summed E-state index contributed by atoms with van der Waals surface area (Å²) in [5.74, 6) is -0.462. The first-order chi connectivity index (χ1) is 8.30. The number of benzene rings is 1. The highest BCUT2D eigenvalue weighted by atomic mass is 19.4. The van der Waals surface area contributed by atoms with E-state index in [1.165, 1.54) is 13.0 Å². The molecule has 0 aromatic heterocycles. The van der Waals surface area contributed by atoms with Crippen molar-refractivity contribution in [1.82, 2.24) is 0 Å². The van der Waals surface area contributed by atoms with Gasteiger partial charge in [-0.2, -0.15) is 13.2 Å². The fourth-order valence-electron chi connectivity index (χ4n) is 1.22. The molecular formula is C11H12F3NO3. The Hall–Kier alpha value is -1.92. The number of carbonyl (C=O) groups is 1. The molecule has 0 aliphatic carbocycles. The van der Waals surface area contributed by atoms with Gasteiger partial charge in [-0.15, -0.1) is 0 Å². The molecule has 0 fully saturated rings. The SMILES string of the molecule is CC(=O)OCCOc1ccc(N)c(C(F)(F)F)c1. The number of nitrogens with two attached hydrogens (primary N) is 1. The van der Waals surface area contributed by atoms with Crippen LogP contribution in [0.5, 0.6) is 5.75 Å². The monoisotopic (exact) mass is 263 g/mol. The van der Waals surface area contributed by atoms with Crippen LogP contribution in [0.3, 0.4) is 0 Å². The van der Waals surface area contributed by atoms with E-state index in [9.17, 15) is 18.0 Å². The summed E-state index contributed by atoms with van der Waals surface area (Å²) < 4.78 is 47.1. The third-order valence-corrected chi connectivity index (χ3v) is 1.99. The number of carbonyl (C=O) groups excluding carboxylic acids is 1.